The molecule has 1 aromatic carbocycles. The van der Waals surface area contributed by atoms with E-state index in [1.54, 1.807) is 38.1 Å². The van der Waals surface area contributed by atoms with E-state index in [9.17, 15) is 14.4 Å². The van der Waals surface area contributed by atoms with Gasteiger partial charge in [-0.25, -0.2) is 4.98 Å². The molecule has 26 heavy (non-hydrogen) atoms. The summed E-state index contributed by atoms with van der Waals surface area (Å²) in [6.45, 7) is 4.05. The van der Waals surface area contributed by atoms with Gasteiger partial charge in [-0.15, -0.1) is 0 Å². The van der Waals surface area contributed by atoms with Crippen LogP contribution < -0.4 is 5.32 Å². The number of imidazole rings is 1. The van der Waals surface area contributed by atoms with Gasteiger partial charge in [-0.1, -0.05) is 18.2 Å². The van der Waals surface area contributed by atoms with Crippen LogP contribution in [0.15, 0.2) is 36.8 Å². The Morgan fingerprint density at radius 3 is 2.50 bits per heavy atom. The van der Waals surface area contributed by atoms with Crippen LogP contribution in [0.3, 0.4) is 0 Å². The van der Waals surface area contributed by atoms with Gasteiger partial charge in [-0.2, -0.15) is 0 Å². The second-order valence-electron chi connectivity index (χ2n) is 5.33. The molecule has 0 atom stereocenters. The summed E-state index contributed by atoms with van der Waals surface area (Å²) in [6, 6.07) is 6.78. The van der Waals surface area contributed by atoms with Gasteiger partial charge in [-0.3, -0.25) is 14.4 Å². The van der Waals surface area contributed by atoms with Crippen molar-refractivity contribution in [3.8, 4) is 0 Å². The maximum Gasteiger partial charge on any atom is 0.325 e. The molecule has 0 radical (unpaired) electrons. The molecule has 1 heterocycles. The Balaban J connectivity index is 2.05. The van der Waals surface area contributed by atoms with E-state index in [-0.39, 0.29) is 25.5 Å². The van der Waals surface area contributed by atoms with Gasteiger partial charge in [0.25, 0.3) is 5.91 Å². The van der Waals surface area contributed by atoms with Crippen molar-refractivity contribution in [2.75, 3.05) is 18.5 Å². The van der Waals surface area contributed by atoms with Gasteiger partial charge in [0.2, 0.25) is 0 Å². The molecular weight excluding hydrogens is 338 g/mol. The zero-order valence-electron chi connectivity index (χ0n) is 14.7. The molecule has 0 aliphatic carbocycles. The van der Waals surface area contributed by atoms with Crippen LogP contribution in [0.1, 0.15) is 29.8 Å². The van der Waals surface area contributed by atoms with Crippen molar-refractivity contribution in [1.29, 1.82) is 0 Å². The lowest BCUT2D eigenvalue weighted by molar-refractivity contribution is -0.144. The molecule has 1 aromatic heterocycles. The highest BCUT2D eigenvalue weighted by Crippen LogP contribution is 2.13. The van der Waals surface area contributed by atoms with Crippen molar-refractivity contribution >= 4 is 23.7 Å². The van der Waals surface area contributed by atoms with Crippen LogP contribution >= 0.6 is 0 Å². The van der Waals surface area contributed by atoms with Gasteiger partial charge in [0.05, 0.1) is 26.0 Å². The predicted octanol–water partition coefficient (Wildman–Crippen LogP) is 1.80. The SMILES string of the molecule is CCOC(=O)Cc1ccccc1C(=O)Nc1cn(CC(=O)OCC)cn1. The summed E-state index contributed by atoms with van der Waals surface area (Å²) in [7, 11) is 0. The monoisotopic (exact) mass is 359 g/mol. The molecule has 0 saturated carbocycles. The fourth-order valence-electron chi connectivity index (χ4n) is 2.31. The highest BCUT2D eigenvalue weighted by atomic mass is 16.5. The molecule has 138 valence electrons. The topological polar surface area (TPSA) is 99.5 Å². The number of rotatable bonds is 8. The van der Waals surface area contributed by atoms with Crippen LogP contribution in [-0.4, -0.2) is 40.6 Å². The average molecular weight is 359 g/mol. The van der Waals surface area contributed by atoms with Crippen LogP contribution in [-0.2, 0) is 32.0 Å². The average Bonchev–Trinajstić information content (AvgIpc) is 3.02. The quantitative estimate of drug-likeness (QED) is 0.722. The fourth-order valence-corrected chi connectivity index (χ4v) is 2.31. The number of anilines is 1. The third kappa shape index (κ3) is 5.44. The van der Waals surface area contributed by atoms with E-state index in [2.05, 4.69) is 10.3 Å². The highest BCUT2D eigenvalue weighted by Gasteiger charge is 2.15. The molecule has 0 bridgehead atoms. The van der Waals surface area contributed by atoms with E-state index < -0.39 is 11.9 Å². The Bertz CT molecular complexity index is 785. The van der Waals surface area contributed by atoms with Crippen molar-refractivity contribution in [3.05, 3.63) is 47.9 Å². The summed E-state index contributed by atoms with van der Waals surface area (Å²) in [5.74, 6) is -0.884. The number of hydrogen-bond donors (Lipinski definition) is 1. The molecule has 8 heteroatoms. The maximum absolute atomic E-state index is 12.5. The summed E-state index contributed by atoms with van der Waals surface area (Å²) in [5, 5.41) is 2.65. The van der Waals surface area contributed by atoms with E-state index in [0.717, 1.165) is 0 Å². The van der Waals surface area contributed by atoms with Gasteiger partial charge in [0.1, 0.15) is 6.54 Å². The number of hydrogen-bond acceptors (Lipinski definition) is 6. The van der Waals surface area contributed by atoms with Crippen LogP contribution in [0.5, 0.6) is 0 Å². The molecule has 0 aliphatic heterocycles. The van der Waals surface area contributed by atoms with Crippen LogP contribution in [0.4, 0.5) is 5.82 Å². The van der Waals surface area contributed by atoms with Gasteiger partial charge in [0.15, 0.2) is 5.82 Å². The molecule has 1 N–H and O–H groups in total. The first kappa shape index (κ1) is 19.2. The van der Waals surface area contributed by atoms with Crippen LogP contribution in [0, 0.1) is 0 Å². The summed E-state index contributed by atoms with van der Waals surface area (Å²) in [6.07, 6.45) is 2.97. The third-order valence-electron chi connectivity index (χ3n) is 3.39. The third-order valence-corrected chi connectivity index (χ3v) is 3.39. The van der Waals surface area contributed by atoms with E-state index in [1.807, 2.05) is 0 Å². The van der Waals surface area contributed by atoms with E-state index in [0.29, 0.717) is 23.6 Å². The molecule has 0 aliphatic rings. The summed E-state index contributed by atoms with van der Waals surface area (Å²) >= 11 is 0. The van der Waals surface area contributed by atoms with Gasteiger partial charge in [-0.05, 0) is 25.5 Å². The number of nitrogens with zero attached hydrogens (tertiary/aromatic N) is 2. The molecule has 2 rings (SSSR count). The van der Waals surface area contributed by atoms with Crippen LogP contribution in [0.25, 0.3) is 0 Å². The Kier molecular flexibility index (Phi) is 6.90. The maximum atomic E-state index is 12.5. The fraction of sp³-hybridized carbons (Fsp3) is 0.333. The molecule has 8 nitrogen and oxygen atoms in total. The minimum Gasteiger partial charge on any atom is -0.466 e. The van der Waals surface area contributed by atoms with Gasteiger partial charge < -0.3 is 19.4 Å². The Labute approximate surface area is 151 Å². The smallest absolute Gasteiger partial charge is 0.325 e. The summed E-state index contributed by atoms with van der Waals surface area (Å²) < 4.78 is 11.3. The van der Waals surface area contributed by atoms with Crippen LogP contribution in [0.2, 0.25) is 0 Å². The van der Waals surface area contributed by atoms with Gasteiger partial charge >= 0.3 is 11.9 Å². The second-order valence-corrected chi connectivity index (χ2v) is 5.33. The minimum absolute atomic E-state index is 0.00866. The summed E-state index contributed by atoms with van der Waals surface area (Å²) in [5.41, 5.74) is 0.926. The molecule has 1 amide bonds. The first-order valence-corrected chi connectivity index (χ1v) is 8.25. The van der Waals surface area contributed by atoms with Crippen molar-refractivity contribution < 1.29 is 23.9 Å². The lowest BCUT2D eigenvalue weighted by atomic mass is 10.0. The molecule has 0 saturated heterocycles. The number of carbonyl (C=O) groups excluding carboxylic acids is 3. The Morgan fingerprint density at radius 2 is 1.77 bits per heavy atom. The first-order chi connectivity index (χ1) is 12.5. The van der Waals surface area contributed by atoms with E-state index >= 15 is 0 Å². The van der Waals surface area contributed by atoms with Gasteiger partial charge in [0, 0.05) is 11.8 Å². The number of esters is 2. The number of aromatic nitrogens is 2. The standard InChI is InChI=1S/C18H21N3O5/c1-3-25-16(22)9-13-7-5-6-8-14(13)18(24)20-15-10-21(12-19-15)11-17(23)26-4-2/h5-8,10,12H,3-4,9,11H2,1-2H3,(H,20,24). The van der Waals surface area contributed by atoms with E-state index in [1.165, 1.54) is 17.1 Å². The van der Waals surface area contributed by atoms with Crippen molar-refractivity contribution in [2.24, 2.45) is 0 Å². The lowest BCUT2D eigenvalue weighted by Crippen LogP contribution is -2.17. The number of amides is 1. The molecule has 0 fully saturated rings. The number of nitrogens with one attached hydrogen (secondary N) is 1. The second kappa shape index (κ2) is 9.36. The van der Waals surface area contributed by atoms with E-state index in [4.69, 9.17) is 9.47 Å². The van der Waals surface area contributed by atoms with Crippen molar-refractivity contribution in [2.45, 2.75) is 26.8 Å². The molecule has 2 aromatic rings. The molecule has 0 spiro atoms. The van der Waals surface area contributed by atoms with Crippen molar-refractivity contribution in [3.63, 3.8) is 0 Å². The Morgan fingerprint density at radius 1 is 1.08 bits per heavy atom. The highest BCUT2D eigenvalue weighted by molar-refractivity contribution is 6.05. The first-order valence-electron chi connectivity index (χ1n) is 8.25. The summed E-state index contributed by atoms with van der Waals surface area (Å²) in [4.78, 5) is 39.7. The minimum atomic E-state index is -0.397. The predicted molar refractivity (Wildman–Crippen MR) is 93.6 cm³/mol. The largest absolute Gasteiger partial charge is 0.466 e. The zero-order valence-corrected chi connectivity index (χ0v) is 14.7. The zero-order chi connectivity index (χ0) is 18.9. The lowest BCUT2D eigenvalue weighted by Gasteiger charge is -2.08. The normalized spacial score (nSPS) is 10.2. The molecule has 0 unspecified atom stereocenters. The molecular formula is C18H21N3O5. The number of benzene rings is 1. The number of ether oxygens (including phenoxy) is 2. The Hall–Kier alpha value is -3.16. The van der Waals surface area contributed by atoms with Crippen molar-refractivity contribution in [1.82, 2.24) is 9.55 Å². The number of carbonyl (C=O) groups is 3.